The van der Waals surface area contributed by atoms with E-state index < -0.39 is 24.1 Å². The minimum absolute atomic E-state index is 0.412. The number of nitrogens with zero attached hydrogens (tertiary/aromatic N) is 1. The molecule has 23 heavy (non-hydrogen) atoms. The van der Waals surface area contributed by atoms with Gasteiger partial charge in [0.15, 0.2) is 6.32 Å². The molecule has 0 radical (unpaired) electrons. The molecule has 2 rings (SSSR count). The van der Waals surface area contributed by atoms with Crippen LogP contribution in [0.5, 0.6) is 0 Å². The molecule has 0 amide bonds. The van der Waals surface area contributed by atoms with Gasteiger partial charge in [-0.15, -0.1) is 5.46 Å². The van der Waals surface area contributed by atoms with Crippen molar-refractivity contribution in [2.24, 2.45) is 0 Å². The molecule has 0 atom stereocenters. The van der Waals surface area contributed by atoms with Gasteiger partial charge in [0.2, 0.25) is 0 Å². The van der Waals surface area contributed by atoms with Crippen molar-refractivity contribution < 1.29 is 18.1 Å². The second-order valence-corrected chi connectivity index (χ2v) is 7.13. The highest BCUT2D eigenvalue weighted by Gasteiger charge is 2.56. The average molecular weight is 326 g/mol. The summed E-state index contributed by atoms with van der Waals surface area (Å²) >= 11 is 0. The third-order valence-electron chi connectivity index (χ3n) is 5.21. The molecule has 3 nitrogen and oxygen atoms in total. The van der Waals surface area contributed by atoms with Gasteiger partial charge in [-0.25, -0.2) is 8.78 Å². The van der Waals surface area contributed by atoms with Crippen LogP contribution in [-0.2, 0) is 9.31 Å². The van der Waals surface area contributed by atoms with Crippen LogP contribution in [0.3, 0.4) is 0 Å². The van der Waals surface area contributed by atoms with Crippen molar-refractivity contribution in [3.8, 4) is 0 Å². The van der Waals surface area contributed by atoms with Crippen LogP contribution < -0.4 is 10.4 Å². The summed E-state index contributed by atoms with van der Waals surface area (Å²) in [5.41, 5.74) is -0.160. The molecule has 1 aromatic rings. The quantitative estimate of drug-likeness (QED) is 0.772. The molecule has 0 unspecified atom stereocenters. The highest BCUT2D eigenvalue weighted by atomic mass is 19.3. The van der Waals surface area contributed by atoms with E-state index in [0.29, 0.717) is 5.46 Å². The molecule has 0 bridgehead atoms. The van der Waals surface area contributed by atoms with E-state index in [9.17, 15) is 8.78 Å². The number of anilines is 1. The zero-order valence-electron chi connectivity index (χ0n) is 14.9. The molecule has 0 aromatic heterocycles. The summed E-state index contributed by atoms with van der Waals surface area (Å²) in [6.07, 6.45) is -2.71. The maximum Gasteiger partial charge on any atom is 0.338 e. The first-order valence-electron chi connectivity index (χ1n) is 8.28. The summed E-state index contributed by atoms with van der Waals surface area (Å²) in [7, 11) is 0. The van der Waals surface area contributed by atoms with Crippen molar-refractivity contribution in [2.75, 3.05) is 18.0 Å². The summed E-state index contributed by atoms with van der Waals surface area (Å²) < 4.78 is 39.5. The molecule has 0 saturated carbocycles. The zero-order chi connectivity index (χ0) is 17.5. The first-order valence-corrected chi connectivity index (χ1v) is 8.28. The number of rotatable bonds is 5. The molecule has 0 aliphatic carbocycles. The Bertz CT molecular complexity index is 526. The van der Waals surface area contributed by atoms with Gasteiger partial charge >= 0.3 is 6.55 Å². The molecule has 1 heterocycles. The highest BCUT2D eigenvalue weighted by Crippen LogP contribution is 2.43. The summed E-state index contributed by atoms with van der Waals surface area (Å²) in [5.74, 6) is 0. The topological polar surface area (TPSA) is 21.7 Å². The van der Waals surface area contributed by atoms with Crippen LogP contribution in [0.1, 0.15) is 41.5 Å². The van der Waals surface area contributed by atoms with E-state index >= 15 is 0 Å². The first-order chi connectivity index (χ1) is 10.6. The fourth-order valence-electron chi connectivity index (χ4n) is 3.11. The Morgan fingerprint density at radius 1 is 0.957 bits per heavy atom. The Kier molecular flexibility index (Phi) is 4.80. The number of halogens is 2. The normalized spacial score (nSPS) is 21.6. The van der Waals surface area contributed by atoms with Crippen LogP contribution >= 0.6 is 0 Å². The van der Waals surface area contributed by atoms with Gasteiger partial charge in [-0.2, -0.15) is 0 Å². The smallest absolute Gasteiger partial charge is 0.338 e. The molecule has 0 N–H and O–H groups in total. The minimum Gasteiger partial charge on any atom is -0.555 e. The SMILES string of the molecule is CCN(CC)c1ccc([B-]2(C(F)F)OC(C)(C)C(C)(C)O2)cc1. The third-order valence-corrected chi connectivity index (χ3v) is 5.21. The van der Waals surface area contributed by atoms with Crippen molar-refractivity contribution in [3.05, 3.63) is 24.3 Å². The molecule has 6 heteroatoms. The third kappa shape index (κ3) is 2.99. The van der Waals surface area contributed by atoms with Crippen molar-refractivity contribution in [1.29, 1.82) is 0 Å². The molecular weight excluding hydrogens is 299 g/mol. The molecule has 1 saturated heterocycles. The molecular formula is C17H27BF2NO2-. The summed E-state index contributed by atoms with van der Waals surface area (Å²) in [4.78, 5) is 2.16. The monoisotopic (exact) mass is 326 g/mol. The molecule has 1 fully saturated rings. The van der Waals surface area contributed by atoms with Gasteiger partial charge in [-0.05, 0) is 53.7 Å². The largest absolute Gasteiger partial charge is 0.555 e. The van der Waals surface area contributed by atoms with Crippen LogP contribution in [0.25, 0.3) is 0 Å². The van der Waals surface area contributed by atoms with E-state index in [-0.39, 0.29) is 0 Å². The van der Waals surface area contributed by atoms with Crippen molar-refractivity contribution in [3.63, 3.8) is 0 Å². The van der Waals surface area contributed by atoms with E-state index in [1.54, 1.807) is 39.8 Å². The van der Waals surface area contributed by atoms with Crippen LogP contribution in [0, 0.1) is 0 Å². The maximum absolute atomic E-state index is 13.9. The van der Waals surface area contributed by atoms with Crippen molar-refractivity contribution >= 4 is 17.7 Å². The van der Waals surface area contributed by atoms with E-state index in [2.05, 4.69) is 18.7 Å². The van der Waals surface area contributed by atoms with Gasteiger partial charge in [-0.1, -0.05) is 12.1 Å². The fraction of sp³-hybridized carbons (Fsp3) is 0.647. The molecule has 1 aromatic carbocycles. The Balaban J connectivity index is 2.41. The summed E-state index contributed by atoms with van der Waals surface area (Å²) in [6.45, 7) is 10.2. The zero-order valence-corrected chi connectivity index (χ0v) is 14.9. The Morgan fingerprint density at radius 3 is 1.74 bits per heavy atom. The predicted molar refractivity (Wildman–Crippen MR) is 91.7 cm³/mol. The van der Waals surface area contributed by atoms with Crippen LogP contribution in [-0.4, -0.2) is 37.2 Å². The number of alkyl halides is 2. The lowest BCUT2D eigenvalue weighted by Gasteiger charge is -2.37. The summed E-state index contributed by atoms with van der Waals surface area (Å²) in [5, 5.41) is 0. The van der Waals surface area contributed by atoms with Gasteiger partial charge in [0.1, 0.15) is 0 Å². The van der Waals surface area contributed by atoms with Gasteiger partial charge in [0, 0.05) is 30.0 Å². The van der Waals surface area contributed by atoms with Crippen molar-refractivity contribution in [2.45, 2.75) is 59.1 Å². The van der Waals surface area contributed by atoms with Crippen LogP contribution in [0.4, 0.5) is 14.5 Å². The molecule has 1 aliphatic rings. The van der Waals surface area contributed by atoms with Gasteiger partial charge < -0.3 is 14.2 Å². The molecule has 1 aliphatic heterocycles. The lowest BCUT2D eigenvalue weighted by molar-refractivity contribution is 0.00578. The molecule has 130 valence electrons. The van der Waals surface area contributed by atoms with Gasteiger partial charge in [-0.3, -0.25) is 0 Å². The Labute approximate surface area is 137 Å². The summed E-state index contributed by atoms with van der Waals surface area (Å²) in [6, 6.07) is 7.13. The fourth-order valence-corrected chi connectivity index (χ4v) is 3.11. The standard InChI is InChI=1S/C17H27BF2NO2/c1-7-21(8-2)14-11-9-13(10-12-14)18(15(19)20)22-16(3,4)17(5,6)23-18/h9-12,15H,7-8H2,1-6H3/q-1. The Morgan fingerprint density at radius 2 is 1.39 bits per heavy atom. The highest BCUT2D eigenvalue weighted by molar-refractivity contribution is 6.82. The number of hydrogen-bond donors (Lipinski definition) is 0. The van der Waals surface area contributed by atoms with Crippen LogP contribution in [0.2, 0.25) is 0 Å². The molecule has 0 spiro atoms. The van der Waals surface area contributed by atoms with Gasteiger partial charge in [0.25, 0.3) is 0 Å². The number of hydrogen-bond acceptors (Lipinski definition) is 3. The maximum atomic E-state index is 13.9. The van der Waals surface area contributed by atoms with Gasteiger partial charge in [0.05, 0.1) is 0 Å². The predicted octanol–water partition coefficient (Wildman–Crippen LogP) is 3.59. The first kappa shape index (κ1) is 18.2. The van der Waals surface area contributed by atoms with E-state index in [0.717, 1.165) is 18.8 Å². The van der Waals surface area contributed by atoms with E-state index in [4.69, 9.17) is 9.31 Å². The minimum atomic E-state index is -2.81. The second kappa shape index (κ2) is 6.06. The van der Waals surface area contributed by atoms with Crippen LogP contribution in [0.15, 0.2) is 24.3 Å². The van der Waals surface area contributed by atoms with E-state index in [1.807, 2.05) is 12.1 Å². The lowest BCUT2D eigenvalue weighted by atomic mass is 9.52. The lowest BCUT2D eigenvalue weighted by Crippen LogP contribution is -2.58. The van der Waals surface area contributed by atoms with Crippen molar-refractivity contribution in [1.82, 2.24) is 0 Å². The van der Waals surface area contributed by atoms with E-state index in [1.165, 1.54) is 0 Å². The number of benzene rings is 1. The second-order valence-electron chi connectivity index (χ2n) is 7.13. The Hall–Kier alpha value is -1.14. The average Bonchev–Trinajstić information content (AvgIpc) is 2.67.